The van der Waals surface area contributed by atoms with Crippen LogP contribution in [0, 0.1) is 0 Å². The van der Waals surface area contributed by atoms with Crippen molar-refractivity contribution >= 4 is 52.2 Å². The fourth-order valence-electron chi connectivity index (χ4n) is 2.84. The van der Waals surface area contributed by atoms with E-state index in [1.165, 1.54) is 11.1 Å². The molecule has 2 aromatic rings. The highest BCUT2D eigenvalue weighted by Crippen LogP contribution is 2.22. The van der Waals surface area contributed by atoms with E-state index >= 15 is 0 Å². The molecule has 8 heteroatoms. The Kier molecular flexibility index (Phi) is 6.02. The number of carbonyl (C=O) groups excluding carboxylic acids is 1. The summed E-state index contributed by atoms with van der Waals surface area (Å²) in [5, 5.41) is 4.25. The quantitative estimate of drug-likeness (QED) is 0.828. The van der Waals surface area contributed by atoms with Crippen LogP contribution < -0.4 is 15.1 Å². The molecule has 1 saturated heterocycles. The number of hydrogen-bond acceptors (Lipinski definition) is 3. The number of pyridine rings is 1. The molecule has 5 nitrogen and oxygen atoms in total. The van der Waals surface area contributed by atoms with E-state index in [1.807, 2.05) is 18.2 Å². The Morgan fingerprint density at radius 1 is 1.16 bits per heavy atom. The van der Waals surface area contributed by atoms with Gasteiger partial charge in [-0.25, -0.2) is 4.98 Å². The third-order valence-corrected chi connectivity index (χ3v) is 4.85. The summed E-state index contributed by atoms with van der Waals surface area (Å²) in [5.41, 5.74) is 1.12. The van der Waals surface area contributed by atoms with Crippen molar-refractivity contribution in [1.29, 1.82) is 0 Å². The molecule has 0 radical (unpaired) electrons. The first-order valence-corrected chi connectivity index (χ1v) is 9.09. The van der Waals surface area contributed by atoms with Crippen LogP contribution in [0.1, 0.15) is 0 Å². The van der Waals surface area contributed by atoms with Crippen LogP contribution in [0.15, 0.2) is 36.5 Å². The van der Waals surface area contributed by atoms with Gasteiger partial charge < -0.3 is 15.1 Å². The maximum Gasteiger partial charge on any atom is 0.280 e. The minimum atomic E-state index is -0.108. The van der Waals surface area contributed by atoms with Crippen LogP contribution in [0.25, 0.3) is 0 Å². The zero-order valence-corrected chi connectivity index (χ0v) is 15.7. The Hall–Kier alpha value is -1.53. The van der Waals surface area contributed by atoms with Gasteiger partial charge in [0.25, 0.3) is 5.91 Å². The van der Waals surface area contributed by atoms with Gasteiger partial charge in [-0.05, 0) is 24.3 Å². The van der Waals surface area contributed by atoms with Gasteiger partial charge in [-0.2, -0.15) is 0 Å². The summed E-state index contributed by atoms with van der Waals surface area (Å²) in [4.78, 5) is 19.8. The van der Waals surface area contributed by atoms with Crippen molar-refractivity contribution in [1.82, 2.24) is 4.98 Å². The Balaban J connectivity index is 1.51. The summed E-state index contributed by atoms with van der Waals surface area (Å²) in [6.07, 6.45) is 1.46. The molecule has 1 fully saturated rings. The molecule has 0 bridgehead atoms. The van der Waals surface area contributed by atoms with Crippen molar-refractivity contribution < 1.29 is 9.69 Å². The Morgan fingerprint density at radius 3 is 2.60 bits per heavy atom. The fraction of sp³-hybridized carbons (Fsp3) is 0.294. The Morgan fingerprint density at radius 2 is 1.92 bits per heavy atom. The number of carbonyl (C=O) groups is 1. The molecule has 0 saturated carbocycles. The predicted octanol–water partition coefficient (Wildman–Crippen LogP) is 2.39. The zero-order chi connectivity index (χ0) is 17.8. The molecule has 1 amide bonds. The maximum atomic E-state index is 12.2. The average Bonchev–Trinajstić information content (AvgIpc) is 2.58. The Labute approximate surface area is 161 Å². The second kappa shape index (κ2) is 8.23. The van der Waals surface area contributed by atoms with E-state index in [4.69, 9.17) is 34.8 Å². The molecule has 0 atom stereocenters. The minimum absolute atomic E-state index is 0.108. The lowest BCUT2D eigenvalue weighted by molar-refractivity contribution is -0.892. The van der Waals surface area contributed by atoms with Crippen molar-refractivity contribution in [3.8, 4) is 0 Å². The number of rotatable bonds is 4. The van der Waals surface area contributed by atoms with Gasteiger partial charge in [0.15, 0.2) is 12.4 Å². The molecule has 2 N–H and O–H groups in total. The number of anilines is 2. The molecule has 3 rings (SSSR count). The van der Waals surface area contributed by atoms with E-state index in [9.17, 15) is 4.79 Å². The van der Waals surface area contributed by atoms with E-state index in [0.717, 1.165) is 36.9 Å². The van der Waals surface area contributed by atoms with Gasteiger partial charge in [0, 0.05) is 16.9 Å². The molecule has 0 aliphatic carbocycles. The van der Waals surface area contributed by atoms with Crippen molar-refractivity contribution in [3.05, 3.63) is 51.6 Å². The summed E-state index contributed by atoms with van der Waals surface area (Å²) in [5.74, 6) is 0.232. The number of aromatic nitrogens is 1. The highest BCUT2D eigenvalue weighted by atomic mass is 35.5. The first-order valence-electron chi connectivity index (χ1n) is 7.96. The van der Waals surface area contributed by atoms with E-state index in [-0.39, 0.29) is 5.91 Å². The minimum Gasteiger partial charge on any atom is -0.360 e. The summed E-state index contributed by atoms with van der Waals surface area (Å²) >= 11 is 17.9. The normalized spacial score (nSPS) is 15.2. The van der Waals surface area contributed by atoms with E-state index in [0.29, 0.717) is 22.4 Å². The third kappa shape index (κ3) is 4.98. The van der Waals surface area contributed by atoms with Gasteiger partial charge in [0.2, 0.25) is 0 Å². The van der Waals surface area contributed by atoms with E-state index < -0.39 is 0 Å². The van der Waals surface area contributed by atoms with Crippen molar-refractivity contribution in [2.75, 3.05) is 42.9 Å². The van der Waals surface area contributed by atoms with Crippen LogP contribution in [0.3, 0.4) is 0 Å². The van der Waals surface area contributed by atoms with Gasteiger partial charge in [-0.15, -0.1) is 0 Å². The van der Waals surface area contributed by atoms with Crippen molar-refractivity contribution in [2.24, 2.45) is 0 Å². The number of quaternary nitrogens is 1. The van der Waals surface area contributed by atoms with Crippen LogP contribution in [0.4, 0.5) is 11.5 Å². The fourth-order valence-corrected chi connectivity index (χ4v) is 3.45. The third-order valence-electron chi connectivity index (χ3n) is 4.12. The predicted molar refractivity (Wildman–Crippen MR) is 102 cm³/mol. The first-order chi connectivity index (χ1) is 12.0. The second-order valence-corrected chi connectivity index (χ2v) is 7.21. The number of benzene rings is 1. The highest BCUT2D eigenvalue weighted by molar-refractivity contribution is 6.36. The number of hydrogen-bond donors (Lipinski definition) is 2. The van der Waals surface area contributed by atoms with Gasteiger partial charge in [0.1, 0.15) is 0 Å². The monoisotopic (exact) mass is 399 g/mol. The largest absolute Gasteiger partial charge is 0.360 e. The second-order valence-electron chi connectivity index (χ2n) is 5.93. The molecule has 1 aromatic carbocycles. The lowest BCUT2D eigenvalue weighted by Crippen LogP contribution is -3.15. The smallest absolute Gasteiger partial charge is 0.280 e. The molecule has 132 valence electrons. The SMILES string of the molecule is O=C(C[NH+]1CCN(c2cccc(Cl)c2)CC1)Nc1ncc(Cl)cc1Cl. The highest BCUT2D eigenvalue weighted by Gasteiger charge is 2.23. The van der Waals surface area contributed by atoms with Gasteiger partial charge in [0.05, 0.1) is 36.2 Å². The average molecular weight is 401 g/mol. The molecular formula is C17H18Cl3N4O+. The van der Waals surface area contributed by atoms with E-state index in [1.54, 1.807) is 6.07 Å². The van der Waals surface area contributed by atoms with Crippen molar-refractivity contribution in [3.63, 3.8) is 0 Å². The Bertz CT molecular complexity index is 763. The van der Waals surface area contributed by atoms with Gasteiger partial charge in [-0.3, -0.25) is 4.79 Å². The molecule has 1 aliphatic heterocycles. The van der Waals surface area contributed by atoms with Gasteiger partial charge in [-0.1, -0.05) is 40.9 Å². The van der Waals surface area contributed by atoms with Crippen LogP contribution in [-0.4, -0.2) is 43.6 Å². The first kappa shape index (κ1) is 18.3. The molecular weight excluding hydrogens is 383 g/mol. The molecule has 2 heterocycles. The molecule has 0 unspecified atom stereocenters. The topological polar surface area (TPSA) is 49.7 Å². The van der Waals surface area contributed by atoms with Crippen LogP contribution in [0.5, 0.6) is 0 Å². The molecule has 0 spiro atoms. The summed E-state index contributed by atoms with van der Waals surface area (Å²) in [6, 6.07) is 9.40. The lowest BCUT2D eigenvalue weighted by Gasteiger charge is -2.33. The number of halogens is 3. The number of amides is 1. The lowest BCUT2D eigenvalue weighted by atomic mass is 10.2. The van der Waals surface area contributed by atoms with Crippen LogP contribution in [-0.2, 0) is 4.79 Å². The van der Waals surface area contributed by atoms with E-state index in [2.05, 4.69) is 21.3 Å². The number of nitrogens with one attached hydrogen (secondary N) is 2. The van der Waals surface area contributed by atoms with Crippen molar-refractivity contribution in [2.45, 2.75) is 0 Å². The van der Waals surface area contributed by atoms with Gasteiger partial charge >= 0.3 is 0 Å². The zero-order valence-electron chi connectivity index (χ0n) is 13.4. The van der Waals surface area contributed by atoms with Crippen LogP contribution in [0.2, 0.25) is 15.1 Å². The molecule has 1 aliphatic rings. The summed E-state index contributed by atoms with van der Waals surface area (Å²) in [7, 11) is 0. The maximum absolute atomic E-state index is 12.2. The number of nitrogens with zero attached hydrogens (tertiary/aromatic N) is 2. The number of piperazine rings is 1. The summed E-state index contributed by atoms with van der Waals surface area (Å²) in [6.45, 7) is 3.89. The summed E-state index contributed by atoms with van der Waals surface area (Å²) < 4.78 is 0. The molecule has 25 heavy (non-hydrogen) atoms. The standard InChI is InChI=1S/C17H17Cl3N4O/c18-12-2-1-3-14(8-12)24-6-4-23(5-7-24)11-16(25)22-17-15(20)9-13(19)10-21-17/h1-3,8-10H,4-7,11H2,(H,21,22,25)/p+1. The molecule has 1 aromatic heterocycles. The van der Waals surface area contributed by atoms with Crippen LogP contribution >= 0.6 is 34.8 Å².